The molecule has 15 heteroatoms. The summed E-state index contributed by atoms with van der Waals surface area (Å²) in [6.07, 6.45) is -5.05. The van der Waals surface area contributed by atoms with E-state index in [1.165, 1.54) is 0 Å². The SMILES string of the molecule is [C-]#[O+].[C-]#[O+].[C-]#[O+].[C-]#[O+].[C-]#[O+].[C-]#[O+].[C-]#[O+].[C-]#[O+].[C-]#[O+].[CH2-]CC(F)(F)F.[Co].[Co].[Co]. The Morgan fingerprint density at radius 3 is 0.481 bits per heavy atom. The van der Waals surface area contributed by atoms with Crippen molar-refractivity contribution >= 4 is 0 Å². The molecule has 0 rings (SSSR count). The average molecular weight is 526 g/mol. The zero-order valence-electron chi connectivity index (χ0n) is 12.2. The van der Waals surface area contributed by atoms with Crippen molar-refractivity contribution in [2.75, 3.05) is 0 Å². The summed E-state index contributed by atoms with van der Waals surface area (Å²) in [6, 6.07) is 0. The van der Waals surface area contributed by atoms with E-state index >= 15 is 0 Å². The Morgan fingerprint density at radius 1 is 0.444 bits per heavy atom. The largest absolute Gasteiger partial charge is 0.363 e. The second-order valence-electron chi connectivity index (χ2n) is 0.865. The van der Waals surface area contributed by atoms with Crippen LogP contribution in [0.5, 0.6) is 0 Å². The number of hydrogen-bond donors (Lipinski definition) is 0. The smallest absolute Gasteiger partial charge is 0.335 e. The first-order chi connectivity index (χ1) is 11.6. The molecule has 3 radical (unpaired) electrons. The predicted octanol–water partition coefficient (Wildman–Crippen LogP) is 1.43. The van der Waals surface area contributed by atoms with Crippen molar-refractivity contribution in [3.8, 4) is 0 Å². The Bertz CT molecular complexity index is 255. The quantitative estimate of drug-likeness (QED) is 0.328. The van der Waals surface area contributed by atoms with Crippen LogP contribution in [0.3, 0.4) is 0 Å². The van der Waals surface area contributed by atoms with Crippen molar-refractivity contribution in [3.63, 3.8) is 0 Å². The van der Waals surface area contributed by atoms with Gasteiger partial charge in [0.05, 0.1) is 0 Å². The van der Waals surface area contributed by atoms with Crippen LogP contribution in [-0.4, -0.2) is 6.18 Å². The van der Waals surface area contributed by atoms with Crippen LogP contribution in [0, 0.1) is 66.8 Å². The standard InChI is InChI=1S/C3H4F3.9CO.3Co/c1-2-3(4,5)6;9*1-2;;;/h1-2H2;;;;;;;;;;;;/q-1;;;;;;;;;;;;. The molecule has 0 aliphatic rings. The third-order valence-electron chi connectivity index (χ3n) is 0.283. The van der Waals surface area contributed by atoms with E-state index in [9.17, 15) is 13.2 Å². The van der Waals surface area contributed by atoms with Crippen LogP contribution in [0.2, 0.25) is 0 Å². The predicted molar refractivity (Wildman–Crippen MR) is 51.4 cm³/mol. The zero-order valence-corrected chi connectivity index (χ0v) is 15.3. The summed E-state index contributed by atoms with van der Waals surface area (Å²) < 4.78 is 99.7. The van der Waals surface area contributed by atoms with E-state index in [0.29, 0.717) is 0 Å². The molecule has 0 bridgehead atoms. The minimum Gasteiger partial charge on any atom is -0.335 e. The second-order valence-corrected chi connectivity index (χ2v) is 0.865. The summed E-state index contributed by atoms with van der Waals surface area (Å²) in [5.41, 5.74) is 0. The van der Waals surface area contributed by atoms with E-state index in [1.807, 2.05) is 0 Å². The molecule has 27 heavy (non-hydrogen) atoms. The Labute approximate surface area is 184 Å². The third-order valence-corrected chi connectivity index (χ3v) is 0.283. The van der Waals surface area contributed by atoms with Gasteiger partial charge in [0.2, 0.25) is 0 Å². The summed E-state index contributed by atoms with van der Waals surface area (Å²) in [4.78, 5) is 0. The molecule has 0 atom stereocenters. The average Bonchev–Trinajstić information content (AvgIpc) is 2.75. The molecule has 0 saturated carbocycles. The van der Waals surface area contributed by atoms with E-state index < -0.39 is 12.6 Å². The topological polar surface area (TPSA) is 179 Å². The fourth-order valence-electron chi connectivity index (χ4n) is 0. The molecule has 9 nitrogen and oxygen atoms in total. The maximum atomic E-state index is 10.7. The molecule has 0 aliphatic heterocycles. The van der Waals surface area contributed by atoms with Gasteiger partial charge < -0.3 is 6.92 Å². The van der Waals surface area contributed by atoms with E-state index in [4.69, 9.17) is 41.9 Å². The van der Waals surface area contributed by atoms with E-state index in [0.717, 1.165) is 0 Å². The van der Waals surface area contributed by atoms with E-state index in [2.05, 4.69) is 66.8 Å². The number of alkyl halides is 3. The molecule has 0 aromatic carbocycles. The van der Waals surface area contributed by atoms with Crippen LogP contribution in [0.25, 0.3) is 0 Å². The first-order valence-corrected chi connectivity index (χ1v) is 3.26. The van der Waals surface area contributed by atoms with Gasteiger partial charge in [-0.25, -0.2) is 0 Å². The maximum absolute atomic E-state index is 10.7. The summed E-state index contributed by atoms with van der Waals surface area (Å²) in [5.74, 6) is 0. The molecule has 0 spiro atoms. The molecule has 0 fully saturated rings. The molecule has 0 unspecified atom stereocenters. The normalized spacial score (nSPS) is 3.33. The Morgan fingerprint density at radius 2 is 0.481 bits per heavy atom. The number of rotatable bonds is 0. The summed E-state index contributed by atoms with van der Waals surface area (Å²) in [6.45, 7) is 43.1. The van der Waals surface area contributed by atoms with Crippen LogP contribution < -0.4 is 0 Å². The fraction of sp³-hybridized carbons (Fsp3) is 0.167. The molecule has 0 amide bonds. The van der Waals surface area contributed by atoms with Gasteiger partial charge in [-0.2, -0.15) is 13.2 Å². The fourth-order valence-corrected chi connectivity index (χ4v) is 0. The Balaban J connectivity index is -0.00000000761. The van der Waals surface area contributed by atoms with Crippen LogP contribution >= 0.6 is 0 Å². The van der Waals surface area contributed by atoms with Gasteiger partial charge in [-0.15, -0.1) is 0 Å². The Kier molecular flexibility index (Phi) is 1440. The van der Waals surface area contributed by atoms with Crippen molar-refractivity contribution in [1.29, 1.82) is 0 Å². The van der Waals surface area contributed by atoms with Crippen molar-refractivity contribution < 1.29 is 105 Å². The van der Waals surface area contributed by atoms with Gasteiger partial charge in [0.25, 0.3) is 0 Å². The van der Waals surface area contributed by atoms with Crippen molar-refractivity contribution in [2.24, 2.45) is 0 Å². The van der Waals surface area contributed by atoms with Gasteiger partial charge >= 0.3 is 108 Å². The molecule has 0 saturated heterocycles. The first-order valence-electron chi connectivity index (χ1n) is 3.26. The van der Waals surface area contributed by atoms with Crippen LogP contribution in [0.4, 0.5) is 13.2 Å². The Hall–Kier alpha value is -1.03. The molecule has 0 aliphatic carbocycles. The molecular formula is C12H4Co3F3O9-. The van der Waals surface area contributed by atoms with Crippen LogP contribution in [-0.2, 0) is 92.2 Å². The van der Waals surface area contributed by atoms with Crippen molar-refractivity contribution in [2.45, 2.75) is 12.6 Å². The van der Waals surface area contributed by atoms with Gasteiger partial charge in [0.15, 0.2) is 0 Å². The minimum absolute atomic E-state index is 0. The zero-order chi connectivity index (χ0) is 23.2. The van der Waals surface area contributed by atoms with E-state index in [-0.39, 0.29) is 50.3 Å². The maximum Gasteiger partial charge on any atom is 0.363 e. The minimum atomic E-state index is -4.07. The summed E-state index contributed by atoms with van der Waals surface area (Å²) in [5, 5.41) is 0. The first kappa shape index (κ1) is 96.3. The van der Waals surface area contributed by atoms with Crippen molar-refractivity contribution in [3.05, 3.63) is 66.8 Å². The number of halogens is 3. The monoisotopic (exact) mass is 526 g/mol. The van der Waals surface area contributed by atoms with Gasteiger partial charge in [0.1, 0.15) is 0 Å². The molecule has 0 heterocycles. The van der Waals surface area contributed by atoms with Crippen LogP contribution in [0.1, 0.15) is 6.42 Å². The molecule has 0 aromatic heterocycles. The van der Waals surface area contributed by atoms with Crippen LogP contribution in [0.15, 0.2) is 0 Å². The summed E-state index contributed by atoms with van der Waals surface area (Å²) in [7, 11) is 0. The van der Waals surface area contributed by atoms with Gasteiger partial charge in [-0.3, -0.25) is 0 Å². The molecule has 0 aromatic rings. The third kappa shape index (κ3) is 3400. The van der Waals surface area contributed by atoms with Crippen molar-refractivity contribution in [1.82, 2.24) is 0 Å². The number of hydrogen-bond acceptors (Lipinski definition) is 0. The molecular weight excluding hydrogens is 522 g/mol. The van der Waals surface area contributed by atoms with Gasteiger partial charge in [0, 0.05) is 50.3 Å². The van der Waals surface area contributed by atoms with E-state index in [1.54, 1.807) is 0 Å². The second kappa shape index (κ2) is 403. The summed E-state index contributed by atoms with van der Waals surface area (Å²) >= 11 is 0. The molecule has 0 N–H and O–H groups in total. The molecule has 155 valence electrons. The van der Waals surface area contributed by atoms with Gasteiger partial charge in [-0.05, 0) is 0 Å². The van der Waals surface area contributed by atoms with Gasteiger partial charge in [-0.1, -0.05) is 6.42 Å².